The third-order valence-electron chi connectivity index (χ3n) is 4.89. The van der Waals surface area contributed by atoms with Crippen LogP contribution in [-0.2, 0) is 11.3 Å². The molecule has 1 amide bonds. The molecular formula is C26H23BrN4OS. The minimum Gasteiger partial charge on any atom is -0.314 e. The molecule has 0 aliphatic heterocycles. The zero-order valence-electron chi connectivity index (χ0n) is 18.1. The summed E-state index contributed by atoms with van der Waals surface area (Å²) in [6, 6.07) is 26.4. The Morgan fingerprint density at radius 1 is 1.06 bits per heavy atom. The molecule has 0 atom stereocenters. The number of imidazole rings is 1. The highest BCUT2D eigenvalue weighted by molar-refractivity contribution is 9.12. The average molecular weight is 519 g/mol. The molecule has 0 spiro atoms. The van der Waals surface area contributed by atoms with Gasteiger partial charge < -0.3 is 4.57 Å². The van der Waals surface area contributed by atoms with Crippen molar-refractivity contribution in [3.63, 3.8) is 0 Å². The lowest BCUT2D eigenvalue weighted by atomic mass is 10.1. The summed E-state index contributed by atoms with van der Waals surface area (Å²) in [4.78, 5) is 17.1. The SMILES string of the molecule is Cc1ccc(Cn2c(SCC(=O)N/N=C/C(Br)=C/c3ccccc3)nc3ccccc32)cc1. The summed E-state index contributed by atoms with van der Waals surface area (Å²) in [6.45, 7) is 2.77. The summed E-state index contributed by atoms with van der Waals surface area (Å²) < 4.78 is 2.92. The van der Waals surface area contributed by atoms with Crippen LogP contribution in [0.25, 0.3) is 17.1 Å². The highest BCUT2D eigenvalue weighted by Gasteiger charge is 2.13. The summed E-state index contributed by atoms with van der Waals surface area (Å²) in [7, 11) is 0. The molecule has 33 heavy (non-hydrogen) atoms. The predicted molar refractivity (Wildman–Crippen MR) is 141 cm³/mol. The zero-order chi connectivity index (χ0) is 23.0. The molecule has 5 nitrogen and oxygen atoms in total. The van der Waals surface area contributed by atoms with Crippen molar-refractivity contribution in [2.24, 2.45) is 5.10 Å². The number of nitrogens with zero attached hydrogens (tertiary/aromatic N) is 3. The molecule has 1 N–H and O–H groups in total. The maximum atomic E-state index is 12.4. The number of carbonyl (C=O) groups is 1. The Morgan fingerprint density at radius 3 is 2.58 bits per heavy atom. The molecule has 0 radical (unpaired) electrons. The minimum absolute atomic E-state index is 0.190. The Morgan fingerprint density at radius 2 is 1.79 bits per heavy atom. The van der Waals surface area contributed by atoms with Crippen LogP contribution in [0, 0.1) is 6.92 Å². The van der Waals surface area contributed by atoms with E-state index in [1.54, 1.807) is 6.21 Å². The van der Waals surface area contributed by atoms with E-state index in [0.29, 0.717) is 6.54 Å². The number of aryl methyl sites for hydroxylation is 1. The van der Waals surface area contributed by atoms with Gasteiger partial charge in [-0.3, -0.25) is 4.79 Å². The van der Waals surface area contributed by atoms with E-state index >= 15 is 0 Å². The zero-order valence-corrected chi connectivity index (χ0v) is 20.5. The Balaban J connectivity index is 1.40. The van der Waals surface area contributed by atoms with E-state index in [1.807, 2.05) is 54.6 Å². The number of para-hydroxylation sites is 2. The van der Waals surface area contributed by atoms with Crippen LogP contribution in [0.5, 0.6) is 0 Å². The van der Waals surface area contributed by atoms with E-state index in [4.69, 9.17) is 4.98 Å². The van der Waals surface area contributed by atoms with Gasteiger partial charge in [-0.1, -0.05) is 84.1 Å². The fourth-order valence-corrected chi connectivity index (χ4v) is 4.44. The van der Waals surface area contributed by atoms with Gasteiger partial charge in [0.15, 0.2) is 5.16 Å². The predicted octanol–water partition coefficient (Wildman–Crippen LogP) is 6.02. The molecule has 0 bridgehead atoms. The first-order valence-electron chi connectivity index (χ1n) is 10.5. The van der Waals surface area contributed by atoms with E-state index in [-0.39, 0.29) is 11.7 Å². The van der Waals surface area contributed by atoms with Crippen molar-refractivity contribution < 1.29 is 4.79 Å². The fourth-order valence-electron chi connectivity index (χ4n) is 3.27. The van der Waals surface area contributed by atoms with Gasteiger partial charge in [0.2, 0.25) is 0 Å². The molecule has 0 fully saturated rings. The Bertz CT molecular complexity index is 1300. The summed E-state index contributed by atoms with van der Waals surface area (Å²) in [5.74, 6) is 0.0272. The molecule has 0 saturated heterocycles. The molecule has 7 heteroatoms. The lowest BCUT2D eigenvalue weighted by Gasteiger charge is -2.09. The highest BCUT2D eigenvalue weighted by atomic mass is 79.9. The number of benzene rings is 3. The Hall–Kier alpha value is -3.16. The number of carbonyl (C=O) groups excluding carboxylic acids is 1. The number of aromatic nitrogens is 2. The van der Waals surface area contributed by atoms with E-state index in [9.17, 15) is 4.79 Å². The van der Waals surface area contributed by atoms with Crippen molar-refractivity contribution in [2.75, 3.05) is 5.75 Å². The van der Waals surface area contributed by atoms with Gasteiger partial charge in [0.25, 0.3) is 5.91 Å². The Labute approximate surface area is 205 Å². The second-order valence-electron chi connectivity index (χ2n) is 7.48. The number of thioether (sulfide) groups is 1. The van der Waals surface area contributed by atoms with E-state index in [1.165, 1.54) is 22.9 Å². The second-order valence-corrected chi connectivity index (χ2v) is 9.33. The van der Waals surface area contributed by atoms with Gasteiger partial charge in [-0.15, -0.1) is 0 Å². The summed E-state index contributed by atoms with van der Waals surface area (Å²) >= 11 is 4.85. The average Bonchev–Trinajstić information content (AvgIpc) is 3.17. The van der Waals surface area contributed by atoms with E-state index in [2.05, 4.69) is 68.3 Å². The van der Waals surface area contributed by atoms with Crippen LogP contribution in [-0.4, -0.2) is 27.4 Å². The van der Waals surface area contributed by atoms with Crippen molar-refractivity contribution in [1.82, 2.24) is 15.0 Å². The van der Waals surface area contributed by atoms with Crippen molar-refractivity contribution in [3.05, 3.63) is 100 Å². The number of hydrazone groups is 1. The van der Waals surface area contributed by atoms with Crippen LogP contribution >= 0.6 is 27.7 Å². The van der Waals surface area contributed by atoms with Crippen LogP contribution in [0.1, 0.15) is 16.7 Å². The van der Waals surface area contributed by atoms with Gasteiger partial charge in [-0.05, 0) is 52.2 Å². The fraction of sp³-hybridized carbons (Fsp3) is 0.115. The quantitative estimate of drug-likeness (QED) is 0.176. The number of nitrogens with one attached hydrogen (secondary N) is 1. The van der Waals surface area contributed by atoms with Crippen molar-refractivity contribution in [2.45, 2.75) is 18.6 Å². The first-order chi connectivity index (χ1) is 16.1. The van der Waals surface area contributed by atoms with Gasteiger partial charge in [-0.2, -0.15) is 5.10 Å². The third-order valence-corrected chi connectivity index (χ3v) is 6.30. The molecule has 0 aliphatic carbocycles. The summed E-state index contributed by atoms with van der Waals surface area (Å²) in [5.41, 5.74) is 8.01. The molecule has 4 rings (SSSR count). The summed E-state index contributed by atoms with van der Waals surface area (Å²) in [5, 5.41) is 4.85. The molecule has 1 heterocycles. The topological polar surface area (TPSA) is 59.3 Å². The molecular weight excluding hydrogens is 496 g/mol. The van der Waals surface area contributed by atoms with Gasteiger partial charge in [0, 0.05) is 4.48 Å². The number of hydrogen-bond acceptors (Lipinski definition) is 4. The van der Waals surface area contributed by atoms with Crippen molar-refractivity contribution in [3.8, 4) is 0 Å². The van der Waals surface area contributed by atoms with Crippen molar-refractivity contribution >= 4 is 56.9 Å². The molecule has 3 aromatic carbocycles. The maximum absolute atomic E-state index is 12.4. The largest absolute Gasteiger partial charge is 0.314 e. The number of rotatable bonds is 8. The van der Waals surface area contributed by atoms with Crippen LogP contribution in [0.2, 0.25) is 0 Å². The van der Waals surface area contributed by atoms with Gasteiger partial charge in [0.05, 0.1) is 29.5 Å². The molecule has 0 saturated carbocycles. The maximum Gasteiger partial charge on any atom is 0.250 e. The van der Waals surface area contributed by atoms with Crippen LogP contribution in [0.15, 0.2) is 93.6 Å². The van der Waals surface area contributed by atoms with Crippen LogP contribution in [0.3, 0.4) is 0 Å². The number of amides is 1. The number of halogens is 1. The smallest absolute Gasteiger partial charge is 0.250 e. The van der Waals surface area contributed by atoms with Crippen LogP contribution in [0.4, 0.5) is 0 Å². The third kappa shape index (κ3) is 6.43. The van der Waals surface area contributed by atoms with E-state index < -0.39 is 0 Å². The molecule has 166 valence electrons. The van der Waals surface area contributed by atoms with E-state index in [0.717, 1.165) is 26.2 Å². The molecule has 1 aromatic heterocycles. The standard InChI is InChI=1S/C26H23BrN4OS/c1-19-11-13-21(14-12-19)17-31-24-10-6-5-9-23(24)29-26(31)33-18-25(32)30-28-16-22(27)15-20-7-3-2-4-8-20/h2-16H,17-18H2,1H3,(H,30,32)/b22-15-,28-16+. The highest BCUT2D eigenvalue weighted by Crippen LogP contribution is 2.25. The van der Waals surface area contributed by atoms with Gasteiger partial charge in [0.1, 0.15) is 0 Å². The van der Waals surface area contributed by atoms with Gasteiger partial charge in [-0.25, -0.2) is 10.4 Å². The molecule has 0 unspecified atom stereocenters. The minimum atomic E-state index is -0.190. The Kier molecular flexibility index (Phi) is 7.75. The molecule has 4 aromatic rings. The lowest BCUT2D eigenvalue weighted by Crippen LogP contribution is -2.20. The number of hydrogen-bond donors (Lipinski definition) is 1. The lowest BCUT2D eigenvalue weighted by molar-refractivity contribution is -0.118. The normalized spacial score (nSPS) is 11.9. The first kappa shape index (κ1) is 23.0. The summed E-state index contributed by atoms with van der Waals surface area (Å²) in [6.07, 6.45) is 3.50. The second kappa shape index (κ2) is 11.1. The van der Waals surface area contributed by atoms with Gasteiger partial charge >= 0.3 is 0 Å². The number of fused-ring (bicyclic) bond motifs is 1. The number of allylic oxidation sites excluding steroid dienone is 1. The van der Waals surface area contributed by atoms with Crippen LogP contribution < -0.4 is 5.43 Å². The first-order valence-corrected chi connectivity index (χ1v) is 12.2. The van der Waals surface area contributed by atoms with Crippen molar-refractivity contribution in [1.29, 1.82) is 0 Å². The molecule has 0 aliphatic rings. The monoisotopic (exact) mass is 518 g/mol.